The molecule has 0 spiro atoms. The van der Waals surface area contributed by atoms with Crippen molar-refractivity contribution >= 4 is 22.9 Å². The number of esters is 1. The van der Waals surface area contributed by atoms with Crippen LogP contribution in [0.15, 0.2) is 35.0 Å². The smallest absolute Gasteiger partial charge is 0.341 e. The van der Waals surface area contributed by atoms with Crippen molar-refractivity contribution in [3.05, 3.63) is 53.2 Å². The molecule has 3 aromatic rings. The summed E-state index contributed by atoms with van der Waals surface area (Å²) in [5.41, 5.74) is 2.52. The number of hydrogen-bond donors (Lipinski definition) is 1. The van der Waals surface area contributed by atoms with Gasteiger partial charge in [0.05, 0.1) is 31.0 Å². The number of aromatic nitrogens is 2. The van der Waals surface area contributed by atoms with Crippen molar-refractivity contribution < 1.29 is 18.7 Å². The molecule has 24 heavy (non-hydrogen) atoms. The van der Waals surface area contributed by atoms with E-state index < -0.39 is 5.97 Å². The van der Waals surface area contributed by atoms with Crippen LogP contribution in [0, 0.1) is 6.92 Å². The second kappa shape index (κ2) is 6.19. The highest BCUT2D eigenvalue weighted by Gasteiger charge is 2.19. The standard InChI is InChI=1S/C17H17N3O4/c1-10-13(17(22)23-3)7-12(24-10)8-20(2)16(21)11-4-5-14-15(6-11)19-9-18-14/h4-7,9H,8H2,1-3H3,(H,18,19). The summed E-state index contributed by atoms with van der Waals surface area (Å²) in [6, 6.07) is 6.88. The molecule has 0 saturated carbocycles. The number of hydrogen-bond acceptors (Lipinski definition) is 5. The molecule has 0 bridgehead atoms. The Morgan fingerprint density at radius 1 is 1.33 bits per heavy atom. The molecule has 0 aliphatic carbocycles. The van der Waals surface area contributed by atoms with Gasteiger partial charge in [-0.2, -0.15) is 0 Å². The zero-order chi connectivity index (χ0) is 17.3. The molecular weight excluding hydrogens is 310 g/mol. The molecule has 0 unspecified atom stereocenters. The minimum Gasteiger partial charge on any atom is -0.465 e. The van der Waals surface area contributed by atoms with Crippen molar-refractivity contribution in [1.29, 1.82) is 0 Å². The Hall–Kier alpha value is -3.09. The molecule has 7 nitrogen and oxygen atoms in total. The maximum atomic E-state index is 12.6. The van der Waals surface area contributed by atoms with Gasteiger partial charge in [0, 0.05) is 12.6 Å². The third kappa shape index (κ3) is 2.88. The van der Waals surface area contributed by atoms with Gasteiger partial charge in [-0.3, -0.25) is 4.79 Å². The van der Waals surface area contributed by atoms with Crippen LogP contribution in [0.5, 0.6) is 0 Å². The Kier molecular flexibility index (Phi) is 4.07. The minimum atomic E-state index is -0.457. The van der Waals surface area contributed by atoms with Crippen LogP contribution in [0.3, 0.4) is 0 Å². The van der Waals surface area contributed by atoms with Crippen molar-refractivity contribution in [1.82, 2.24) is 14.9 Å². The minimum absolute atomic E-state index is 0.153. The first kappa shape index (κ1) is 15.8. The average Bonchev–Trinajstić information content (AvgIpc) is 3.18. The van der Waals surface area contributed by atoms with Crippen LogP contribution in [0.4, 0.5) is 0 Å². The van der Waals surface area contributed by atoms with Gasteiger partial charge >= 0.3 is 5.97 Å². The molecule has 2 heterocycles. The molecule has 7 heteroatoms. The molecule has 1 N–H and O–H groups in total. The Labute approximate surface area is 138 Å². The van der Waals surface area contributed by atoms with Gasteiger partial charge in [-0.15, -0.1) is 0 Å². The highest BCUT2D eigenvalue weighted by molar-refractivity contribution is 5.97. The summed E-state index contributed by atoms with van der Waals surface area (Å²) in [6.45, 7) is 1.93. The first-order chi connectivity index (χ1) is 11.5. The predicted molar refractivity (Wildman–Crippen MR) is 86.7 cm³/mol. The van der Waals surface area contributed by atoms with Crippen molar-refractivity contribution in [3.8, 4) is 0 Å². The van der Waals surface area contributed by atoms with Gasteiger partial charge in [-0.1, -0.05) is 0 Å². The van der Waals surface area contributed by atoms with Crippen molar-refractivity contribution in [3.63, 3.8) is 0 Å². The lowest BCUT2D eigenvalue weighted by atomic mass is 10.1. The number of carbonyl (C=O) groups excluding carboxylic acids is 2. The quantitative estimate of drug-likeness (QED) is 0.744. The lowest BCUT2D eigenvalue weighted by molar-refractivity contribution is 0.0598. The van der Waals surface area contributed by atoms with Gasteiger partial charge in [-0.05, 0) is 31.2 Å². The lowest BCUT2D eigenvalue weighted by Gasteiger charge is -2.15. The number of rotatable bonds is 4. The van der Waals surface area contributed by atoms with Crippen LogP contribution in [0.1, 0.15) is 32.2 Å². The number of fused-ring (bicyclic) bond motifs is 1. The second-order valence-electron chi connectivity index (χ2n) is 5.47. The molecular formula is C17H17N3O4. The fraction of sp³-hybridized carbons (Fsp3) is 0.235. The highest BCUT2D eigenvalue weighted by atomic mass is 16.5. The number of nitrogens with one attached hydrogen (secondary N) is 1. The normalized spacial score (nSPS) is 10.8. The van der Waals surface area contributed by atoms with E-state index in [-0.39, 0.29) is 12.5 Å². The third-order valence-electron chi connectivity index (χ3n) is 3.78. The molecule has 2 aromatic heterocycles. The van der Waals surface area contributed by atoms with E-state index in [2.05, 4.69) is 9.97 Å². The maximum Gasteiger partial charge on any atom is 0.341 e. The molecule has 1 amide bonds. The molecule has 124 valence electrons. The fourth-order valence-electron chi connectivity index (χ4n) is 2.53. The van der Waals surface area contributed by atoms with Crippen LogP contribution in [0.25, 0.3) is 11.0 Å². The van der Waals surface area contributed by atoms with E-state index in [1.165, 1.54) is 12.0 Å². The van der Waals surface area contributed by atoms with E-state index in [4.69, 9.17) is 9.15 Å². The summed E-state index contributed by atoms with van der Waals surface area (Å²) >= 11 is 0. The molecule has 0 aliphatic heterocycles. The van der Waals surface area contributed by atoms with Crippen LogP contribution >= 0.6 is 0 Å². The number of imidazole rings is 1. The summed E-state index contributed by atoms with van der Waals surface area (Å²) < 4.78 is 10.2. The van der Waals surface area contributed by atoms with Crippen molar-refractivity contribution in [2.45, 2.75) is 13.5 Å². The van der Waals surface area contributed by atoms with Gasteiger partial charge in [0.25, 0.3) is 5.91 Å². The second-order valence-corrected chi connectivity index (χ2v) is 5.47. The number of carbonyl (C=O) groups is 2. The molecule has 1 aromatic carbocycles. The summed E-state index contributed by atoms with van der Waals surface area (Å²) in [5, 5.41) is 0. The van der Waals surface area contributed by atoms with E-state index >= 15 is 0 Å². The monoisotopic (exact) mass is 327 g/mol. The molecule has 0 radical (unpaired) electrons. The number of aromatic amines is 1. The summed E-state index contributed by atoms with van der Waals surface area (Å²) in [4.78, 5) is 32.8. The topological polar surface area (TPSA) is 88.4 Å². The van der Waals surface area contributed by atoms with E-state index in [1.807, 2.05) is 0 Å². The van der Waals surface area contributed by atoms with Gasteiger partial charge in [0.2, 0.25) is 0 Å². The number of ether oxygens (including phenoxy) is 1. The number of H-pyrrole nitrogens is 1. The molecule has 3 rings (SSSR count). The summed E-state index contributed by atoms with van der Waals surface area (Å²) in [6.07, 6.45) is 1.59. The molecule has 0 fully saturated rings. The Morgan fingerprint density at radius 3 is 2.88 bits per heavy atom. The van der Waals surface area contributed by atoms with Crippen molar-refractivity contribution in [2.24, 2.45) is 0 Å². The van der Waals surface area contributed by atoms with E-state index in [0.29, 0.717) is 22.6 Å². The van der Waals surface area contributed by atoms with E-state index in [1.54, 1.807) is 44.6 Å². The van der Waals surface area contributed by atoms with Crippen molar-refractivity contribution in [2.75, 3.05) is 14.2 Å². The zero-order valence-corrected chi connectivity index (χ0v) is 13.6. The number of amides is 1. The number of methoxy groups -OCH3 is 1. The van der Waals surface area contributed by atoms with Crippen LogP contribution in [-0.4, -0.2) is 40.9 Å². The molecule has 0 saturated heterocycles. The Balaban J connectivity index is 1.77. The van der Waals surface area contributed by atoms with Crippen LogP contribution in [-0.2, 0) is 11.3 Å². The number of furan rings is 1. The van der Waals surface area contributed by atoms with E-state index in [9.17, 15) is 9.59 Å². The van der Waals surface area contributed by atoms with Gasteiger partial charge in [0.15, 0.2) is 0 Å². The van der Waals surface area contributed by atoms with E-state index in [0.717, 1.165) is 11.0 Å². The van der Waals surface area contributed by atoms with Gasteiger partial charge in [-0.25, -0.2) is 9.78 Å². The first-order valence-corrected chi connectivity index (χ1v) is 7.36. The first-order valence-electron chi connectivity index (χ1n) is 7.36. The number of nitrogens with zero attached hydrogens (tertiary/aromatic N) is 2. The third-order valence-corrected chi connectivity index (χ3v) is 3.78. The number of benzene rings is 1. The SMILES string of the molecule is COC(=O)c1cc(CN(C)C(=O)c2ccc3nc[nH]c3c2)oc1C. The fourth-order valence-corrected chi connectivity index (χ4v) is 2.53. The average molecular weight is 327 g/mol. The van der Waals surface area contributed by atoms with Crippen LogP contribution in [0.2, 0.25) is 0 Å². The van der Waals surface area contributed by atoms with Gasteiger partial charge < -0.3 is 19.0 Å². The maximum absolute atomic E-state index is 12.6. The predicted octanol–water partition coefficient (Wildman–Crippen LogP) is 2.52. The van der Waals surface area contributed by atoms with Gasteiger partial charge in [0.1, 0.15) is 17.1 Å². The summed E-state index contributed by atoms with van der Waals surface area (Å²) in [7, 11) is 2.99. The largest absolute Gasteiger partial charge is 0.465 e. The highest BCUT2D eigenvalue weighted by Crippen LogP contribution is 2.18. The molecule has 0 atom stereocenters. The Morgan fingerprint density at radius 2 is 2.12 bits per heavy atom. The zero-order valence-electron chi connectivity index (χ0n) is 13.6. The Bertz CT molecular complexity index is 910. The lowest BCUT2D eigenvalue weighted by Crippen LogP contribution is -2.25. The molecule has 0 aliphatic rings. The van der Waals surface area contributed by atoms with Crippen LogP contribution < -0.4 is 0 Å². The summed E-state index contributed by atoms with van der Waals surface area (Å²) in [5.74, 6) is 0.379. The number of aryl methyl sites for hydroxylation is 1.